The first kappa shape index (κ1) is 62.0. The molecule has 468 valence electrons. The lowest BCUT2D eigenvalue weighted by Gasteiger charge is -2.40. The number of halogens is 3. The van der Waals surface area contributed by atoms with Crippen molar-refractivity contribution in [3.63, 3.8) is 0 Å². The van der Waals surface area contributed by atoms with Crippen molar-refractivity contribution >= 4 is 50.5 Å². The predicted octanol–water partition coefficient (Wildman–Crippen LogP) is 10.3. The average Bonchev–Trinajstić information content (AvgIpc) is 1.90. The largest absolute Gasteiger partial charge is 0.369 e. The third-order valence-corrected chi connectivity index (χ3v) is 18.7. The highest BCUT2D eigenvalue weighted by Gasteiger charge is 2.33. The molecule has 6 fully saturated rings. The number of hydrogen-bond donors (Lipinski definition) is 3. The van der Waals surface area contributed by atoms with Crippen LogP contribution in [0.5, 0.6) is 0 Å². The van der Waals surface area contributed by atoms with Gasteiger partial charge in [0, 0.05) is 198 Å². The number of aryl methyl sites for hydroxylation is 4. The van der Waals surface area contributed by atoms with Crippen molar-refractivity contribution < 1.29 is 8.78 Å². The molecule has 16 nitrogen and oxygen atoms in total. The summed E-state index contributed by atoms with van der Waals surface area (Å²) in [4.78, 5) is 57.5. The third kappa shape index (κ3) is 15.4. The van der Waals surface area contributed by atoms with Gasteiger partial charge in [-0.2, -0.15) is 0 Å². The number of piperazine rings is 2. The second kappa shape index (κ2) is 28.3. The summed E-state index contributed by atoms with van der Waals surface area (Å²) in [5.41, 5.74) is 12.0. The first-order chi connectivity index (χ1) is 43.3. The van der Waals surface area contributed by atoms with E-state index in [-0.39, 0.29) is 33.8 Å². The van der Waals surface area contributed by atoms with Crippen LogP contribution >= 0.6 is 11.6 Å². The first-order valence-electron chi connectivity index (χ1n) is 32.2. The van der Waals surface area contributed by atoms with E-state index in [4.69, 9.17) is 11.6 Å². The molecule has 2 aliphatic carbocycles. The summed E-state index contributed by atoms with van der Waals surface area (Å²) < 4.78 is 34.5. The summed E-state index contributed by atoms with van der Waals surface area (Å²) in [6.45, 7) is 21.8. The van der Waals surface area contributed by atoms with Crippen molar-refractivity contribution in [3.05, 3.63) is 192 Å². The van der Waals surface area contributed by atoms with E-state index < -0.39 is 5.82 Å². The van der Waals surface area contributed by atoms with Gasteiger partial charge in [-0.25, -0.2) is 8.78 Å². The molecule has 2 saturated carbocycles. The third-order valence-electron chi connectivity index (χ3n) is 18.4. The monoisotopic (exact) mass is 1230 g/mol. The second-order valence-electron chi connectivity index (χ2n) is 25.3. The van der Waals surface area contributed by atoms with Crippen LogP contribution in [0.15, 0.2) is 120 Å². The van der Waals surface area contributed by atoms with Crippen LogP contribution in [0.3, 0.4) is 0 Å². The van der Waals surface area contributed by atoms with Crippen LogP contribution < -0.4 is 41.5 Å². The number of fused-ring (bicyclic) bond motifs is 2. The molecule has 6 aliphatic rings. The fourth-order valence-electron chi connectivity index (χ4n) is 13.3. The molecule has 14 rings (SSSR count). The Labute approximate surface area is 526 Å². The van der Waals surface area contributed by atoms with Crippen molar-refractivity contribution in [2.75, 3.05) is 93.2 Å². The van der Waals surface area contributed by atoms with Crippen LogP contribution in [0.1, 0.15) is 108 Å². The van der Waals surface area contributed by atoms with Crippen molar-refractivity contribution in [2.24, 2.45) is 0 Å². The molecule has 6 aromatic heterocycles. The molecular weight excluding hydrogens is 1140 g/mol. The van der Waals surface area contributed by atoms with Gasteiger partial charge in [0.1, 0.15) is 11.6 Å². The van der Waals surface area contributed by atoms with Crippen molar-refractivity contribution in [1.82, 2.24) is 54.8 Å². The molecule has 4 saturated heterocycles. The van der Waals surface area contributed by atoms with E-state index in [1.165, 1.54) is 17.7 Å². The van der Waals surface area contributed by atoms with E-state index >= 15 is 4.39 Å². The summed E-state index contributed by atoms with van der Waals surface area (Å²) in [7, 11) is 0. The molecule has 10 heterocycles. The molecule has 0 bridgehead atoms. The molecular formula is C70H85ClF2N14O2. The Hall–Kier alpha value is -7.19. The molecule has 2 atom stereocenters. The summed E-state index contributed by atoms with van der Waals surface area (Å²) in [6, 6.07) is 24.3. The Balaban J connectivity index is 0.000000159. The smallest absolute Gasteiger partial charge is 0.193 e. The Kier molecular flexibility index (Phi) is 19.7. The van der Waals surface area contributed by atoms with Gasteiger partial charge in [0.25, 0.3) is 0 Å². The van der Waals surface area contributed by atoms with Gasteiger partial charge < -0.3 is 39.8 Å². The number of rotatable bonds is 15. The second-order valence-corrected chi connectivity index (χ2v) is 25.7. The quantitative estimate of drug-likeness (QED) is 0.0894. The SMILES string of the molecule is C1CNCCN1.Cc1ccc(N2CCCC(N(Cc3ccnc(C)c3)Cc3cn(C4CC4)c4cc(Cl)c(F)cc4c3=O)C2)cn1.Cc1ccc(N2CCC[C@H](N(Cc3ccnc(C)c3)Cc3cn(C4CC4)c4cc(N5CCNCC5)c(F)cc4c3=O)C2)cn1. The van der Waals surface area contributed by atoms with E-state index in [0.717, 1.165) is 181 Å². The molecule has 1 unspecified atom stereocenters. The van der Waals surface area contributed by atoms with Gasteiger partial charge >= 0.3 is 0 Å². The highest BCUT2D eigenvalue weighted by atomic mass is 35.5. The van der Waals surface area contributed by atoms with E-state index in [9.17, 15) is 14.0 Å². The highest BCUT2D eigenvalue weighted by molar-refractivity contribution is 6.31. The van der Waals surface area contributed by atoms with Crippen LogP contribution in [0.4, 0.5) is 25.8 Å². The number of hydrogen-bond acceptors (Lipinski definition) is 14. The molecule has 8 aromatic rings. The predicted molar refractivity (Wildman–Crippen MR) is 354 cm³/mol. The van der Waals surface area contributed by atoms with Gasteiger partial charge in [-0.3, -0.25) is 39.3 Å². The number of piperidine rings is 2. The maximum absolute atomic E-state index is 15.6. The van der Waals surface area contributed by atoms with E-state index in [1.54, 1.807) is 6.07 Å². The van der Waals surface area contributed by atoms with Gasteiger partial charge in [0.2, 0.25) is 0 Å². The Morgan fingerprint density at radius 3 is 1.40 bits per heavy atom. The van der Waals surface area contributed by atoms with Crippen LogP contribution in [-0.2, 0) is 26.2 Å². The lowest BCUT2D eigenvalue weighted by Crippen LogP contribution is -2.48. The van der Waals surface area contributed by atoms with Crippen LogP contribution in [0.25, 0.3) is 21.8 Å². The molecule has 89 heavy (non-hydrogen) atoms. The first-order valence-corrected chi connectivity index (χ1v) is 32.6. The van der Waals surface area contributed by atoms with E-state index in [2.05, 4.69) is 118 Å². The van der Waals surface area contributed by atoms with E-state index in [0.29, 0.717) is 65.8 Å². The van der Waals surface area contributed by atoms with Gasteiger partial charge in [0.05, 0.1) is 45.5 Å². The topological polar surface area (TPSA) is 148 Å². The zero-order valence-electron chi connectivity index (χ0n) is 52.0. The number of nitrogens with one attached hydrogen (secondary N) is 3. The maximum atomic E-state index is 15.6. The lowest BCUT2D eigenvalue weighted by molar-refractivity contribution is 0.158. The minimum Gasteiger partial charge on any atom is -0.369 e. The fourth-order valence-corrected chi connectivity index (χ4v) is 13.5. The number of benzene rings is 2. The van der Waals surface area contributed by atoms with Gasteiger partial charge in [0.15, 0.2) is 10.9 Å². The van der Waals surface area contributed by atoms with Crippen LogP contribution in [0, 0.1) is 39.3 Å². The lowest BCUT2D eigenvalue weighted by atomic mass is 10.0. The Morgan fingerprint density at radius 2 is 0.966 bits per heavy atom. The summed E-state index contributed by atoms with van der Waals surface area (Å²) in [5, 5.41) is 10.7. The minimum absolute atomic E-state index is 0.0478. The average molecular weight is 1230 g/mol. The summed E-state index contributed by atoms with van der Waals surface area (Å²) in [5.74, 6) is -0.866. The van der Waals surface area contributed by atoms with Crippen molar-refractivity contribution in [2.45, 2.75) is 129 Å². The molecule has 0 amide bonds. The van der Waals surface area contributed by atoms with Crippen molar-refractivity contribution in [3.8, 4) is 0 Å². The number of anilines is 3. The van der Waals surface area contributed by atoms with Crippen molar-refractivity contribution in [1.29, 1.82) is 0 Å². The summed E-state index contributed by atoms with van der Waals surface area (Å²) >= 11 is 6.13. The van der Waals surface area contributed by atoms with Gasteiger partial charge in [-0.15, -0.1) is 0 Å². The maximum Gasteiger partial charge on any atom is 0.193 e. The Morgan fingerprint density at radius 1 is 0.506 bits per heavy atom. The highest BCUT2D eigenvalue weighted by Crippen LogP contribution is 2.40. The number of pyridine rings is 6. The summed E-state index contributed by atoms with van der Waals surface area (Å²) in [6.07, 6.45) is 20.2. The number of nitrogens with zero attached hydrogens (tertiary/aromatic N) is 11. The molecule has 4 aliphatic heterocycles. The normalized spacial score (nSPS) is 18.9. The minimum atomic E-state index is -0.556. The zero-order valence-corrected chi connectivity index (χ0v) is 52.8. The fraction of sp³-hybridized carbons (Fsp3) is 0.457. The molecule has 0 radical (unpaired) electrons. The molecule has 19 heteroatoms. The zero-order chi connectivity index (χ0) is 61.5. The number of aromatic nitrogens is 6. The van der Waals surface area contributed by atoms with Gasteiger partial charge in [-0.1, -0.05) is 11.6 Å². The Bertz CT molecular complexity index is 3850. The van der Waals surface area contributed by atoms with E-state index in [1.807, 2.05) is 70.8 Å². The van der Waals surface area contributed by atoms with Crippen LogP contribution in [-0.4, -0.2) is 129 Å². The molecule has 0 spiro atoms. The standard InChI is InChI=1S/C35H42FN7O.C31H33ClFN5O.C4H10N2/c1-24-5-6-29(19-39-24)41-13-3-4-30(23-41)42(20-26-9-10-38-25(2)16-26)21-27-22-43(28-7-8-28)33-18-34(40-14-11-37-12-15-40)32(36)17-31(33)35(27)44;1-20-5-6-25(15-35-20)36-11-3-4-26(19-36)37(16-22-9-10-34-21(2)12-22)17-23-18-38(24-7-8-24)30-14-28(32)29(33)13-27(30)31(23)39;1-2-6-4-3-5-1/h5-6,9-10,16-19,22,28,30,37H,3-4,7-8,11-15,20-21,23H2,1-2H3;5-6,9-10,12-15,18,24,26H,3-4,7-8,11,16-17,19H2,1-2H3;5-6H,1-4H2/t30-;;/m0../s1. The van der Waals surface area contributed by atoms with Crippen LogP contribution in [0.2, 0.25) is 5.02 Å². The molecule has 3 N–H and O–H groups in total. The van der Waals surface area contributed by atoms with Gasteiger partial charge in [-0.05, 0) is 163 Å². The molecule has 2 aromatic carbocycles.